The van der Waals surface area contributed by atoms with Crippen molar-refractivity contribution in [1.82, 2.24) is 9.55 Å². The Bertz CT molecular complexity index is 2990. The number of para-hydroxylation sites is 2. The van der Waals surface area contributed by atoms with Crippen LogP contribution in [-0.2, 0) is 11.8 Å². The molecule has 0 bridgehead atoms. The Kier molecular flexibility index (Phi) is 5.56. The highest BCUT2D eigenvalue weighted by Gasteiger charge is 2.35. The van der Waals surface area contributed by atoms with Gasteiger partial charge in [0.2, 0.25) is 0 Å². The lowest BCUT2D eigenvalue weighted by Gasteiger charge is -2.23. The Labute approximate surface area is 313 Å². The Morgan fingerprint density at radius 3 is 1.69 bits per heavy atom. The first-order valence-electron chi connectivity index (χ1n) is 20.9. The maximum atomic E-state index is 8.78. The van der Waals surface area contributed by atoms with Gasteiger partial charge in [-0.05, 0) is 108 Å². The van der Waals surface area contributed by atoms with Crippen LogP contribution in [-0.4, -0.2) is 9.55 Å². The minimum atomic E-state index is -2.84. The fourth-order valence-corrected chi connectivity index (χ4v) is 8.42. The molecule has 0 atom stereocenters. The van der Waals surface area contributed by atoms with Gasteiger partial charge in [-0.1, -0.05) is 154 Å². The van der Waals surface area contributed by atoms with Crippen LogP contribution in [0.3, 0.4) is 0 Å². The van der Waals surface area contributed by atoms with Crippen molar-refractivity contribution in [3.63, 3.8) is 0 Å². The highest BCUT2D eigenvalue weighted by atomic mass is 15.1. The molecule has 1 aliphatic rings. The summed E-state index contributed by atoms with van der Waals surface area (Å²) in [5, 5.41) is 4.10. The van der Waals surface area contributed by atoms with Crippen LogP contribution in [0.15, 0.2) is 164 Å². The Balaban J connectivity index is 1.10. The van der Waals surface area contributed by atoms with Crippen molar-refractivity contribution >= 4 is 32.6 Å². The molecule has 0 N–H and O–H groups in total. The number of hydrogen-bond acceptors (Lipinski definition) is 1. The molecule has 0 fully saturated rings. The first-order valence-corrected chi connectivity index (χ1v) is 17.9. The lowest BCUT2D eigenvalue weighted by atomic mass is 9.80. The quantitative estimate of drug-likeness (QED) is 0.166. The van der Waals surface area contributed by atoms with Crippen LogP contribution in [0.1, 0.15) is 45.8 Å². The summed E-state index contributed by atoms with van der Waals surface area (Å²) in [6, 6.07) is 55.0. The largest absolute Gasteiger partial charge is 0.296 e. The summed E-state index contributed by atoms with van der Waals surface area (Å²) in [7, 11) is 0. The number of imidazole rings is 1. The minimum absolute atomic E-state index is 0.316. The molecule has 0 saturated heterocycles. The van der Waals surface area contributed by atoms with E-state index < -0.39 is 19.1 Å². The van der Waals surface area contributed by atoms with Crippen molar-refractivity contribution in [3.8, 4) is 50.2 Å². The predicted octanol–water partition coefficient (Wildman–Crippen LogP) is 13.2. The lowest BCUT2D eigenvalue weighted by Crippen LogP contribution is -2.14. The van der Waals surface area contributed by atoms with Crippen LogP contribution in [0.2, 0.25) is 0 Å². The van der Waals surface area contributed by atoms with Crippen molar-refractivity contribution in [2.45, 2.75) is 32.5 Å². The molecule has 1 aromatic heterocycles. The molecule has 0 unspecified atom stereocenters. The number of nitrogens with zero attached hydrogens (tertiary/aromatic N) is 2. The summed E-state index contributed by atoms with van der Waals surface area (Å²) >= 11 is 0. The second kappa shape index (κ2) is 11.6. The Morgan fingerprint density at radius 2 is 1.04 bits per heavy atom. The van der Waals surface area contributed by atoms with Crippen LogP contribution >= 0.6 is 0 Å². The van der Waals surface area contributed by atoms with Crippen LogP contribution in [0.5, 0.6) is 0 Å². The summed E-state index contributed by atoms with van der Waals surface area (Å²) < 4.78 is 54.9. The zero-order valence-corrected chi connectivity index (χ0v) is 28.7. The number of aromatic nitrogens is 2. The van der Waals surface area contributed by atoms with Gasteiger partial charge < -0.3 is 0 Å². The predicted molar refractivity (Wildman–Crippen MR) is 219 cm³/mol. The number of benzene rings is 8. The third kappa shape index (κ3) is 4.54. The SMILES string of the molecule is [2H]C([2H])([2H])C1(C([2H])([2H])[2H])c2ccccc2-c2ccc(-c3c4ccccc4c(-c4ccc(-c5ccc(-n6c(CC)nc7ccccc76)cc5)cc4)c4ccccc34)cc21. The average Bonchev–Trinajstić information content (AvgIpc) is 3.77. The molecule has 1 aliphatic carbocycles. The van der Waals surface area contributed by atoms with Crippen LogP contribution < -0.4 is 0 Å². The van der Waals surface area contributed by atoms with Gasteiger partial charge in [0.1, 0.15) is 5.82 Å². The number of aryl methyl sites for hydroxylation is 1. The third-order valence-electron chi connectivity index (χ3n) is 10.8. The van der Waals surface area contributed by atoms with Crippen molar-refractivity contribution in [2.75, 3.05) is 0 Å². The first kappa shape index (κ1) is 24.8. The number of rotatable bonds is 5. The molecule has 248 valence electrons. The van der Waals surface area contributed by atoms with E-state index in [9.17, 15) is 0 Å². The molecule has 8 aromatic carbocycles. The fraction of sp³-hybridized carbons (Fsp3) is 0.100. The summed E-state index contributed by atoms with van der Waals surface area (Å²) in [4.78, 5) is 4.86. The second-order valence-electron chi connectivity index (χ2n) is 13.7. The van der Waals surface area contributed by atoms with E-state index in [-0.39, 0.29) is 0 Å². The zero-order valence-electron chi connectivity index (χ0n) is 34.7. The normalized spacial score (nSPS) is 15.3. The van der Waals surface area contributed by atoms with Gasteiger partial charge in [0, 0.05) is 25.7 Å². The first-order chi connectivity index (χ1) is 28.0. The van der Waals surface area contributed by atoms with Gasteiger partial charge in [-0.25, -0.2) is 4.98 Å². The smallest absolute Gasteiger partial charge is 0.114 e. The molecule has 2 nitrogen and oxygen atoms in total. The van der Waals surface area contributed by atoms with Gasteiger partial charge in [0.05, 0.1) is 11.0 Å². The zero-order chi connectivity index (χ0) is 40.0. The molecule has 0 spiro atoms. The molecular weight excluding hydrogens is 629 g/mol. The van der Waals surface area contributed by atoms with E-state index in [0.717, 1.165) is 83.9 Å². The molecule has 9 aromatic rings. The molecule has 10 rings (SSSR count). The lowest BCUT2D eigenvalue weighted by molar-refractivity contribution is 0.660. The number of hydrogen-bond donors (Lipinski definition) is 0. The standard InChI is InChI=1S/C50H38N2/c1-4-47-51-45-19-11-12-20-46(45)52(47)36-28-25-33(26-29-36)32-21-23-34(24-22-32)48-39-14-5-7-16-41(39)49(42-17-8-6-15-40(42)48)35-27-30-38-37-13-9-10-18-43(37)50(2,3)44(38)31-35/h5-31H,4H2,1-3H3/i2D3,3D3. The minimum Gasteiger partial charge on any atom is -0.296 e. The second-order valence-corrected chi connectivity index (χ2v) is 13.7. The Hall–Kier alpha value is -6.25. The number of fused-ring (bicyclic) bond motifs is 6. The van der Waals surface area contributed by atoms with Gasteiger partial charge in [-0.3, -0.25) is 4.57 Å². The van der Waals surface area contributed by atoms with Crippen molar-refractivity contribution < 1.29 is 8.22 Å². The fourth-order valence-electron chi connectivity index (χ4n) is 8.42. The highest BCUT2D eigenvalue weighted by molar-refractivity contribution is 6.21. The van der Waals surface area contributed by atoms with E-state index in [1.807, 2.05) is 60.7 Å². The monoisotopic (exact) mass is 672 g/mol. The van der Waals surface area contributed by atoms with Crippen LogP contribution in [0, 0.1) is 0 Å². The summed E-state index contributed by atoms with van der Waals surface area (Å²) in [5.41, 5.74) is 9.05. The maximum absolute atomic E-state index is 8.78. The van der Waals surface area contributed by atoms with Crippen LogP contribution in [0.25, 0.3) is 82.8 Å². The highest BCUT2D eigenvalue weighted by Crippen LogP contribution is 2.51. The summed E-state index contributed by atoms with van der Waals surface area (Å²) in [6.07, 6.45) is 0.834. The molecule has 0 aliphatic heterocycles. The summed E-state index contributed by atoms with van der Waals surface area (Å²) in [5.74, 6) is 1.03. The van der Waals surface area contributed by atoms with Gasteiger partial charge in [0.15, 0.2) is 0 Å². The topological polar surface area (TPSA) is 17.8 Å². The van der Waals surface area contributed by atoms with E-state index in [1.165, 1.54) is 0 Å². The van der Waals surface area contributed by atoms with Gasteiger partial charge in [0.25, 0.3) is 0 Å². The third-order valence-corrected chi connectivity index (χ3v) is 10.8. The maximum Gasteiger partial charge on any atom is 0.114 e. The van der Waals surface area contributed by atoms with E-state index in [4.69, 9.17) is 13.2 Å². The van der Waals surface area contributed by atoms with Gasteiger partial charge >= 0.3 is 0 Å². The van der Waals surface area contributed by atoms with E-state index in [0.29, 0.717) is 22.3 Å². The van der Waals surface area contributed by atoms with Crippen molar-refractivity contribution in [2.24, 2.45) is 0 Å². The molecule has 0 saturated carbocycles. The van der Waals surface area contributed by atoms with Crippen LogP contribution in [0.4, 0.5) is 0 Å². The molecule has 0 amide bonds. The molecule has 1 heterocycles. The van der Waals surface area contributed by atoms with Crippen molar-refractivity contribution in [3.05, 3.63) is 181 Å². The molecule has 52 heavy (non-hydrogen) atoms. The van der Waals surface area contributed by atoms with Gasteiger partial charge in [-0.2, -0.15) is 0 Å². The van der Waals surface area contributed by atoms with E-state index >= 15 is 0 Å². The molecule has 0 radical (unpaired) electrons. The molecular formula is C50H38N2. The molecule has 2 heteroatoms. The van der Waals surface area contributed by atoms with Crippen molar-refractivity contribution in [1.29, 1.82) is 0 Å². The summed E-state index contributed by atoms with van der Waals surface area (Å²) in [6.45, 7) is -3.55. The van der Waals surface area contributed by atoms with E-state index in [1.54, 1.807) is 12.1 Å². The Morgan fingerprint density at radius 1 is 0.519 bits per heavy atom. The average molecular weight is 673 g/mol. The van der Waals surface area contributed by atoms with E-state index in [2.05, 4.69) is 102 Å². The van der Waals surface area contributed by atoms with Gasteiger partial charge in [-0.15, -0.1) is 0 Å².